The fraction of sp³-hybridized carbons (Fsp3) is 0.211. The standard InChI is InChI=1S/C19H19N3O2S/c1-22-16-11-6-5-10-15(16)21-17(19(22)24)18(23)20-12-7-13-25-14-8-3-2-4-9-14/h2-6,8-11H,7,12-13H2,1H3,(H,20,23). The Bertz CT molecular complexity index is 938. The number of para-hydroxylation sites is 2. The molecule has 2 aromatic carbocycles. The van der Waals surface area contributed by atoms with E-state index < -0.39 is 5.91 Å². The van der Waals surface area contributed by atoms with E-state index in [2.05, 4.69) is 22.4 Å². The number of carbonyl (C=O) groups is 1. The molecule has 0 aliphatic rings. The molecule has 25 heavy (non-hydrogen) atoms. The minimum absolute atomic E-state index is 0.0584. The molecule has 128 valence electrons. The zero-order valence-corrected chi connectivity index (χ0v) is 14.8. The molecule has 5 nitrogen and oxygen atoms in total. The molecule has 3 aromatic rings. The molecule has 0 aliphatic heterocycles. The molecule has 3 rings (SSSR count). The smallest absolute Gasteiger partial charge is 0.282 e. The summed E-state index contributed by atoms with van der Waals surface area (Å²) in [6.45, 7) is 0.510. The van der Waals surface area contributed by atoms with Crippen LogP contribution in [0.25, 0.3) is 11.0 Å². The molecule has 1 aromatic heterocycles. The van der Waals surface area contributed by atoms with Crippen LogP contribution in [0.3, 0.4) is 0 Å². The average molecular weight is 353 g/mol. The Balaban J connectivity index is 1.59. The predicted molar refractivity (Wildman–Crippen MR) is 101 cm³/mol. The molecule has 0 radical (unpaired) electrons. The van der Waals surface area contributed by atoms with Gasteiger partial charge in [-0.2, -0.15) is 0 Å². The Morgan fingerprint density at radius 1 is 1.12 bits per heavy atom. The molecule has 6 heteroatoms. The first-order valence-corrected chi connectivity index (χ1v) is 9.07. The topological polar surface area (TPSA) is 64.0 Å². The number of benzene rings is 2. The van der Waals surface area contributed by atoms with Crippen molar-refractivity contribution in [1.82, 2.24) is 14.9 Å². The summed E-state index contributed by atoms with van der Waals surface area (Å²) in [6, 6.07) is 17.4. The molecule has 0 saturated carbocycles. The van der Waals surface area contributed by atoms with Gasteiger partial charge in [0.15, 0.2) is 5.69 Å². The highest BCUT2D eigenvalue weighted by atomic mass is 32.2. The van der Waals surface area contributed by atoms with Gasteiger partial charge in [0.2, 0.25) is 0 Å². The van der Waals surface area contributed by atoms with E-state index in [1.54, 1.807) is 24.9 Å². The van der Waals surface area contributed by atoms with Crippen LogP contribution >= 0.6 is 11.8 Å². The predicted octanol–water partition coefficient (Wildman–Crippen LogP) is 2.85. The molecule has 0 saturated heterocycles. The molecule has 0 aliphatic carbocycles. The van der Waals surface area contributed by atoms with Crippen molar-refractivity contribution < 1.29 is 4.79 Å². The van der Waals surface area contributed by atoms with Crippen molar-refractivity contribution in [3.63, 3.8) is 0 Å². The van der Waals surface area contributed by atoms with Crippen molar-refractivity contribution in [2.75, 3.05) is 12.3 Å². The Morgan fingerprint density at radius 2 is 1.84 bits per heavy atom. The maximum absolute atomic E-state index is 12.3. The third-order valence-corrected chi connectivity index (χ3v) is 4.91. The number of hydrogen-bond acceptors (Lipinski definition) is 4. The number of aryl methyl sites for hydroxylation is 1. The van der Waals surface area contributed by atoms with Crippen LogP contribution in [0.2, 0.25) is 0 Å². The van der Waals surface area contributed by atoms with E-state index >= 15 is 0 Å². The van der Waals surface area contributed by atoms with E-state index in [0.717, 1.165) is 12.2 Å². The van der Waals surface area contributed by atoms with Crippen LogP contribution < -0.4 is 10.9 Å². The lowest BCUT2D eigenvalue weighted by Crippen LogP contribution is -2.34. The van der Waals surface area contributed by atoms with Crippen LogP contribution in [0.1, 0.15) is 16.9 Å². The average Bonchev–Trinajstić information content (AvgIpc) is 2.65. The van der Waals surface area contributed by atoms with Crippen LogP contribution in [0, 0.1) is 0 Å². The maximum atomic E-state index is 12.3. The van der Waals surface area contributed by atoms with Gasteiger partial charge in [0.05, 0.1) is 11.0 Å². The van der Waals surface area contributed by atoms with Gasteiger partial charge in [0.1, 0.15) is 0 Å². The van der Waals surface area contributed by atoms with E-state index in [0.29, 0.717) is 17.6 Å². The number of amides is 1. The number of rotatable bonds is 6. The van der Waals surface area contributed by atoms with Crippen LogP contribution in [0.15, 0.2) is 64.3 Å². The molecule has 1 heterocycles. The number of aromatic nitrogens is 2. The number of nitrogens with one attached hydrogen (secondary N) is 1. The number of fused-ring (bicyclic) bond motifs is 1. The molecule has 1 amide bonds. The highest BCUT2D eigenvalue weighted by Crippen LogP contribution is 2.17. The van der Waals surface area contributed by atoms with Crippen molar-refractivity contribution in [3.05, 3.63) is 70.6 Å². The van der Waals surface area contributed by atoms with Gasteiger partial charge < -0.3 is 9.88 Å². The Hall–Kier alpha value is -2.60. The van der Waals surface area contributed by atoms with Crippen LogP contribution in [-0.2, 0) is 7.05 Å². The van der Waals surface area contributed by atoms with Crippen LogP contribution in [-0.4, -0.2) is 27.8 Å². The lowest BCUT2D eigenvalue weighted by atomic mass is 10.2. The molecular weight excluding hydrogens is 334 g/mol. The fourth-order valence-corrected chi connectivity index (χ4v) is 3.37. The number of hydrogen-bond donors (Lipinski definition) is 1. The monoisotopic (exact) mass is 353 g/mol. The van der Waals surface area contributed by atoms with Gasteiger partial charge >= 0.3 is 0 Å². The van der Waals surface area contributed by atoms with Crippen molar-refractivity contribution in [2.24, 2.45) is 7.05 Å². The summed E-state index contributed by atoms with van der Waals surface area (Å²) in [4.78, 5) is 30.1. The van der Waals surface area contributed by atoms with E-state index in [9.17, 15) is 9.59 Å². The minimum Gasteiger partial charge on any atom is -0.350 e. The van der Waals surface area contributed by atoms with E-state index in [1.165, 1.54) is 9.46 Å². The Labute approximate surface area is 150 Å². The molecule has 0 spiro atoms. The zero-order chi connectivity index (χ0) is 17.6. The maximum Gasteiger partial charge on any atom is 0.282 e. The quantitative estimate of drug-likeness (QED) is 0.547. The summed E-state index contributed by atoms with van der Waals surface area (Å²) in [5.74, 6) is 0.476. The molecule has 0 unspecified atom stereocenters. The first-order valence-electron chi connectivity index (χ1n) is 8.08. The summed E-state index contributed by atoms with van der Waals surface area (Å²) in [6.07, 6.45) is 0.819. The minimum atomic E-state index is -0.420. The Morgan fingerprint density at radius 3 is 2.64 bits per heavy atom. The third kappa shape index (κ3) is 4.09. The SMILES string of the molecule is Cn1c(=O)c(C(=O)NCCCSc2ccccc2)nc2ccccc21. The van der Waals surface area contributed by atoms with E-state index in [1.807, 2.05) is 36.4 Å². The number of thioether (sulfide) groups is 1. The molecule has 0 bridgehead atoms. The lowest BCUT2D eigenvalue weighted by molar-refractivity contribution is 0.0947. The first kappa shape index (κ1) is 17.2. The summed E-state index contributed by atoms with van der Waals surface area (Å²) < 4.78 is 1.46. The number of carbonyl (C=O) groups excluding carboxylic acids is 1. The van der Waals surface area contributed by atoms with Crippen molar-refractivity contribution >= 4 is 28.7 Å². The summed E-state index contributed by atoms with van der Waals surface area (Å²) in [7, 11) is 1.65. The lowest BCUT2D eigenvalue weighted by Gasteiger charge is -2.08. The summed E-state index contributed by atoms with van der Waals surface area (Å²) >= 11 is 1.74. The van der Waals surface area contributed by atoms with Gasteiger partial charge in [0.25, 0.3) is 11.5 Å². The van der Waals surface area contributed by atoms with Gasteiger partial charge in [-0.05, 0) is 36.4 Å². The largest absolute Gasteiger partial charge is 0.350 e. The van der Waals surface area contributed by atoms with Gasteiger partial charge in [-0.15, -0.1) is 11.8 Å². The van der Waals surface area contributed by atoms with Gasteiger partial charge in [-0.3, -0.25) is 9.59 Å². The number of nitrogens with zero attached hydrogens (tertiary/aromatic N) is 2. The van der Waals surface area contributed by atoms with Crippen molar-refractivity contribution in [2.45, 2.75) is 11.3 Å². The van der Waals surface area contributed by atoms with Crippen LogP contribution in [0.4, 0.5) is 0 Å². The first-order chi connectivity index (χ1) is 12.2. The molecule has 0 fully saturated rings. The fourth-order valence-electron chi connectivity index (χ4n) is 2.49. The highest BCUT2D eigenvalue weighted by molar-refractivity contribution is 7.99. The molecular formula is C19H19N3O2S. The van der Waals surface area contributed by atoms with Gasteiger partial charge in [-0.25, -0.2) is 4.98 Å². The second-order valence-electron chi connectivity index (χ2n) is 5.58. The van der Waals surface area contributed by atoms with E-state index in [4.69, 9.17) is 0 Å². The summed E-state index contributed by atoms with van der Waals surface area (Å²) in [5.41, 5.74) is 0.907. The third-order valence-electron chi connectivity index (χ3n) is 3.82. The highest BCUT2D eigenvalue weighted by Gasteiger charge is 2.15. The van der Waals surface area contributed by atoms with Gasteiger partial charge in [-0.1, -0.05) is 30.3 Å². The van der Waals surface area contributed by atoms with Crippen LogP contribution in [0.5, 0.6) is 0 Å². The molecule has 0 atom stereocenters. The van der Waals surface area contributed by atoms with Crippen molar-refractivity contribution in [1.29, 1.82) is 0 Å². The van der Waals surface area contributed by atoms with E-state index in [-0.39, 0.29) is 11.3 Å². The second kappa shape index (κ2) is 7.98. The van der Waals surface area contributed by atoms with Gasteiger partial charge in [0, 0.05) is 18.5 Å². The van der Waals surface area contributed by atoms with Crippen molar-refractivity contribution in [3.8, 4) is 0 Å². The molecule has 1 N–H and O–H groups in total. The zero-order valence-electron chi connectivity index (χ0n) is 13.9. The second-order valence-corrected chi connectivity index (χ2v) is 6.75. The Kier molecular flexibility index (Phi) is 5.50. The normalized spacial score (nSPS) is 10.8. The summed E-state index contributed by atoms with van der Waals surface area (Å²) in [5, 5.41) is 2.79.